The van der Waals surface area contributed by atoms with Crippen molar-refractivity contribution in [3.05, 3.63) is 98.8 Å². The summed E-state index contributed by atoms with van der Waals surface area (Å²) in [6, 6.07) is 14.6. The monoisotopic (exact) mass is 626 g/mol. The molecule has 10 nitrogen and oxygen atoms in total. The van der Waals surface area contributed by atoms with E-state index in [-0.39, 0.29) is 11.5 Å². The maximum atomic E-state index is 13.5. The van der Waals surface area contributed by atoms with Crippen LogP contribution in [-0.4, -0.2) is 76.1 Å². The number of terminal acetylenes is 1. The van der Waals surface area contributed by atoms with Crippen LogP contribution in [0, 0.1) is 12.3 Å². The Morgan fingerprint density at radius 2 is 1.89 bits per heavy atom. The smallest absolute Gasteiger partial charge is 0.261 e. The number of halogens is 1. The van der Waals surface area contributed by atoms with E-state index >= 15 is 0 Å². The molecule has 5 rings (SSSR count). The molecular formula is C34H39ClN8O2. The summed E-state index contributed by atoms with van der Waals surface area (Å²) in [4.78, 5) is 41.9. The number of benzene rings is 2. The molecule has 0 aliphatic carbocycles. The van der Waals surface area contributed by atoms with Crippen LogP contribution in [0.4, 0.5) is 5.69 Å². The molecule has 1 saturated heterocycles. The summed E-state index contributed by atoms with van der Waals surface area (Å²) in [5.41, 5.74) is 9.17. The van der Waals surface area contributed by atoms with Gasteiger partial charge in [0.2, 0.25) is 0 Å². The molecular weight excluding hydrogens is 588 g/mol. The number of nitrogens with two attached hydrogens (primary N) is 1. The van der Waals surface area contributed by atoms with Crippen LogP contribution in [0.25, 0.3) is 10.9 Å². The van der Waals surface area contributed by atoms with Gasteiger partial charge in [0.1, 0.15) is 5.82 Å². The molecule has 0 spiro atoms. The quantitative estimate of drug-likeness (QED) is 0.231. The summed E-state index contributed by atoms with van der Waals surface area (Å²) in [6.07, 6.45) is 10.1. The minimum atomic E-state index is -0.182. The van der Waals surface area contributed by atoms with E-state index in [0.29, 0.717) is 60.0 Å². The highest BCUT2D eigenvalue weighted by Gasteiger charge is 2.20. The fourth-order valence-electron chi connectivity index (χ4n) is 5.50. The molecule has 1 aliphatic heterocycles. The van der Waals surface area contributed by atoms with Crippen LogP contribution in [0.5, 0.6) is 0 Å². The molecule has 3 N–H and O–H groups in total. The van der Waals surface area contributed by atoms with Gasteiger partial charge < -0.3 is 20.9 Å². The summed E-state index contributed by atoms with van der Waals surface area (Å²) in [5.74, 6) is 3.24. The number of hydrogen-bond donors (Lipinski definition) is 2. The van der Waals surface area contributed by atoms with E-state index in [2.05, 4.69) is 26.0 Å². The Balaban J connectivity index is 1.29. The van der Waals surface area contributed by atoms with Gasteiger partial charge in [-0.25, -0.2) is 4.98 Å². The van der Waals surface area contributed by atoms with Crippen molar-refractivity contribution < 1.29 is 4.79 Å². The second kappa shape index (κ2) is 15.1. The number of amides is 1. The van der Waals surface area contributed by atoms with Crippen LogP contribution in [0.1, 0.15) is 33.7 Å². The van der Waals surface area contributed by atoms with Crippen molar-refractivity contribution in [1.82, 2.24) is 29.7 Å². The lowest BCUT2D eigenvalue weighted by Gasteiger charge is -2.34. The van der Waals surface area contributed by atoms with Crippen molar-refractivity contribution in [2.24, 2.45) is 12.8 Å². The van der Waals surface area contributed by atoms with Crippen molar-refractivity contribution >= 4 is 34.1 Å². The molecule has 2 aromatic carbocycles. The second-order valence-electron chi connectivity index (χ2n) is 11.3. The molecule has 234 valence electrons. The number of nitrogens with one attached hydrogen (secondary N) is 1. The van der Waals surface area contributed by atoms with Crippen LogP contribution in [0.3, 0.4) is 0 Å². The summed E-state index contributed by atoms with van der Waals surface area (Å²) < 4.78 is 1.64. The van der Waals surface area contributed by atoms with Crippen molar-refractivity contribution in [2.45, 2.75) is 26.1 Å². The molecule has 1 amide bonds. The first-order chi connectivity index (χ1) is 21.9. The number of fused-ring (bicyclic) bond motifs is 1. The fourth-order valence-corrected chi connectivity index (χ4v) is 5.71. The largest absolute Gasteiger partial charge is 0.356 e. The molecule has 0 atom stereocenters. The molecule has 11 heteroatoms. The molecule has 1 fully saturated rings. The van der Waals surface area contributed by atoms with Gasteiger partial charge in [-0.1, -0.05) is 23.6 Å². The Morgan fingerprint density at radius 1 is 1.13 bits per heavy atom. The summed E-state index contributed by atoms with van der Waals surface area (Å²) >= 11 is 6.77. The predicted molar refractivity (Wildman–Crippen MR) is 179 cm³/mol. The van der Waals surface area contributed by atoms with E-state index in [0.717, 1.165) is 56.0 Å². The normalized spacial score (nSPS) is 13.9. The third-order valence-electron chi connectivity index (χ3n) is 8.16. The highest BCUT2D eigenvalue weighted by Crippen LogP contribution is 2.26. The third-order valence-corrected chi connectivity index (χ3v) is 8.51. The lowest BCUT2D eigenvalue weighted by molar-refractivity contribution is 0.0951. The van der Waals surface area contributed by atoms with Gasteiger partial charge in [0.15, 0.2) is 0 Å². The molecule has 1 aliphatic rings. The zero-order valence-corrected chi connectivity index (χ0v) is 26.3. The maximum absolute atomic E-state index is 13.5. The molecule has 4 aromatic rings. The van der Waals surface area contributed by atoms with Gasteiger partial charge in [0, 0.05) is 75.0 Å². The van der Waals surface area contributed by atoms with E-state index < -0.39 is 0 Å². The first-order valence-electron chi connectivity index (χ1n) is 15.1. The third kappa shape index (κ3) is 8.07. The molecule has 3 heterocycles. The van der Waals surface area contributed by atoms with Crippen molar-refractivity contribution in [1.29, 1.82) is 0 Å². The number of rotatable bonds is 12. The average molecular weight is 627 g/mol. The Morgan fingerprint density at radius 3 is 2.58 bits per heavy atom. The van der Waals surface area contributed by atoms with Gasteiger partial charge in [0.05, 0.1) is 24.0 Å². The number of aromatic nitrogens is 3. The highest BCUT2D eigenvalue weighted by molar-refractivity contribution is 6.32. The molecule has 45 heavy (non-hydrogen) atoms. The molecule has 2 aromatic heterocycles. The number of carbonyl (C=O) groups excluding carboxylic acids is 1. The van der Waals surface area contributed by atoms with Gasteiger partial charge in [-0.2, -0.15) is 0 Å². The number of piperazine rings is 1. The van der Waals surface area contributed by atoms with Crippen molar-refractivity contribution in [2.75, 3.05) is 50.7 Å². The first-order valence-corrected chi connectivity index (χ1v) is 15.5. The van der Waals surface area contributed by atoms with Gasteiger partial charge in [0.25, 0.3) is 11.5 Å². The lowest BCUT2D eigenvalue weighted by Crippen LogP contribution is -2.47. The minimum Gasteiger partial charge on any atom is -0.356 e. The van der Waals surface area contributed by atoms with E-state index in [1.54, 1.807) is 42.2 Å². The Hall–Kier alpha value is -4.27. The number of pyridine rings is 1. The SMILES string of the molecule is C#CCN(Cc1cc2c(=O)n(C)c(CN3CCN(CCCN)CC3)nc2cc1Cl)c1ccc(C(=O)NCc2cccnc2)cc1. The minimum absolute atomic E-state index is 0.111. The van der Waals surface area contributed by atoms with Gasteiger partial charge >= 0.3 is 0 Å². The summed E-state index contributed by atoms with van der Waals surface area (Å²) in [6.45, 7) is 7.20. The molecule has 0 radical (unpaired) electrons. The van der Waals surface area contributed by atoms with Crippen LogP contribution < -0.4 is 21.5 Å². The number of carbonyl (C=O) groups is 1. The number of nitrogens with zero attached hydrogens (tertiary/aromatic N) is 6. The van der Waals surface area contributed by atoms with E-state index in [1.807, 2.05) is 35.2 Å². The zero-order chi connectivity index (χ0) is 31.8. The predicted octanol–water partition coefficient (Wildman–Crippen LogP) is 3.02. The molecule has 0 saturated carbocycles. The van der Waals surface area contributed by atoms with E-state index in [4.69, 9.17) is 28.7 Å². The lowest BCUT2D eigenvalue weighted by atomic mass is 10.1. The van der Waals surface area contributed by atoms with E-state index in [9.17, 15) is 9.59 Å². The van der Waals surface area contributed by atoms with Gasteiger partial charge in [-0.3, -0.25) is 24.0 Å². The summed E-state index contributed by atoms with van der Waals surface area (Å²) in [5, 5.41) is 3.93. The number of anilines is 1. The maximum Gasteiger partial charge on any atom is 0.261 e. The van der Waals surface area contributed by atoms with Crippen LogP contribution >= 0.6 is 11.6 Å². The Bertz CT molecular complexity index is 1710. The van der Waals surface area contributed by atoms with Crippen LogP contribution in [-0.2, 0) is 26.7 Å². The standard InChI is InChI=1S/C34H39ClN8O2/c1-3-13-43(28-9-7-26(8-10-28)33(44)38-22-25-6-4-12-37-21-25)23-27-19-29-31(20-30(27)35)39-32(40(2)34(29)45)24-42-17-15-41(16-18-42)14-5-11-36/h1,4,6-10,12,19-21H,5,11,13-18,22-24,36H2,2H3,(H,38,44). The summed E-state index contributed by atoms with van der Waals surface area (Å²) in [7, 11) is 1.77. The zero-order valence-electron chi connectivity index (χ0n) is 25.6. The second-order valence-corrected chi connectivity index (χ2v) is 11.7. The molecule has 0 bridgehead atoms. The topological polar surface area (TPSA) is 113 Å². The van der Waals surface area contributed by atoms with Crippen LogP contribution in [0.2, 0.25) is 5.02 Å². The van der Waals surface area contributed by atoms with Crippen LogP contribution in [0.15, 0.2) is 65.7 Å². The highest BCUT2D eigenvalue weighted by atomic mass is 35.5. The average Bonchev–Trinajstić information content (AvgIpc) is 3.06. The number of hydrogen-bond acceptors (Lipinski definition) is 8. The van der Waals surface area contributed by atoms with Crippen molar-refractivity contribution in [3.63, 3.8) is 0 Å². The van der Waals surface area contributed by atoms with E-state index in [1.165, 1.54) is 0 Å². The van der Waals surface area contributed by atoms with Crippen molar-refractivity contribution in [3.8, 4) is 12.3 Å². The Kier molecular flexibility index (Phi) is 10.8. The fraction of sp³-hybridized carbons (Fsp3) is 0.353. The van der Waals surface area contributed by atoms with Gasteiger partial charge in [-0.05, 0) is 73.1 Å². The van der Waals surface area contributed by atoms with Gasteiger partial charge in [-0.15, -0.1) is 6.42 Å². The Labute approximate surface area is 268 Å². The molecule has 0 unspecified atom stereocenters. The first kappa shape index (κ1) is 32.1.